The molecule has 1 fully saturated rings. The first-order valence-corrected chi connectivity index (χ1v) is 9.90. The highest BCUT2D eigenvalue weighted by Crippen LogP contribution is 2.36. The van der Waals surface area contributed by atoms with Crippen LogP contribution in [0.1, 0.15) is 36.2 Å². The topological polar surface area (TPSA) is 50.8 Å². The van der Waals surface area contributed by atoms with E-state index in [0.29, 0.717) is 43.3 Å². The second-order valence-electron chi connectivity index (χ2n) is 7.15. The maximum atomic E-state index is 13.2. The Kier molecular flexibility index (Phi) is 6.87. The Balaban J connectivity index is 1.88. The molecule has 1 amide bonds. The molecule has 0 spiro atoms. The molecule has 0 saturated carbocycles. The Bertz CT molecular complexity index is 880. The Morgan fingerprint density at radius 2 is 1.93 bits per heavy atom. The number of rotatable bonds is 6. The number of carbonyl (C=O) groups excluding carboxylic acids is 1. The number of anilines is 2. The molecule has 1 unspecified atom stereocenters. The number of ether oxygens (including phenoxy) is 2. The summed E-state index contributed by atoms with van der Waals surface area (Å²) in [6.07, 6.45) is -3.71. The van der Waals surface area contributed by atoms with Gasteiger partial charge in [-0.3, -0.25) is 4.79 Å². The van der Waals surface area contributed by atoms with E-state index in [9.17, 15) is 18.0 Å². The lowest BCUT2D eigenvalue weighted by Gasteiger charge is -2.31. The maximum Gasteiger partial charge on any atom is 0.416 e. The van der Waals surface area contributed by atoms with Gasteiger partial charge in [-0.1, -0.05) is 13.0 Å². The summed E-state index contributed by atoms with van der Waals surface area (Å²) in [6, 6.07) is 10.0. The van der Waals surface area contributed by atoms with E-state index in [4.69, 9.17) is 9.47 Å². The molecule has 1 heterocycles. The van der Waals surface area contributed by atoms with Crippen molar-refractivity contribution in [1.29, 1.82) is 0 Å². The van der Waals surface area contributed by atoms with Crippen LogP contribution in [0, 0.1) is 0 Å². The van der Waals surface area contributed by atoms with Crippen molar-refractivity contribution in [1.82, 2.24) is 0 Å². The van der Waals surface area contributed by atoms with Gasteiger partial charge in [0.1, 0.15) is 5.75 Å². The fourth-order valence-electron chi connectivity index (χ4n) is 3.11. The van der Waals surface area contributed by atoms with Gasteiger partial charge in [-0.15, -0.1) is 0 Å². The van der Waals surface area contributed by atoms with Crippen LogP contribution in [-0.4, -0.2) is 38.3 Å². The lowest BCUT2D eigenvalue weighted by atomic mass is 10.1. The first-order chi connectivity index (χ1) is 14.3. The highest BCUT2D eigenvalue weighted by Gasteiger charge is 2.32. The van der Waals surface area contributed by atoms with Crippen LogP contribution < -0.4 is 15.0 Å². The highest BCUT2D eigenvalue weighted by atomic mass is 19.4. The van der Waals surface area contributed by atoms with Crippen LogP contribution in [0.15, 0.2) is 42.5 Å². The number of alkyl halides is 3. The van der Waals surface area contributed by atoms with Crippen molar-refractivity contribution < 1.29 is 27.4 Å². The molecule has 1 aliphatic rings. The number of halogens is 3. The van der Waals surface area contributed by atoms with Crippen LogP contribution in [-0.2, 0) is 10.9 Å². The predicted octanol–water partition coefficient (Wildman–Crippen LogP) is 4.97. The van der Waals surface area contributed by atoms with Gasteiger partial charge in [-0.05, 0) is 49.7 Å². The lowest BCUT2D eigenvalue weighted by Crippen LogP contribution is -2.36. The molecule has 0 radical (unpaired) electrons. The van der Waals surface area contributed by atoms with Crippen LogP contribution in [0.4, 0.5) is 24.5 Å². The van der Waals surface area contributed by atoms with E-state index in [1.54, 1.807) is 24.3 Å². The zero-order valence-electron chi connectivity index (χ0n) is 17.0. The van der Waals surface area contributed by atoms with Crippen molar-refractivity contribution in [3.05, 3.63) is 53.6 Å². The number of morpholine rings is 1. The summed E-state index contributed by atoms with van der Waals surface area (Å²) >= 11 is 0. The molecule has 162 valence electrons. The fraction of sp³-hybridized carbons (Fsp3) is 0.409. The predicted molar refractivity (Wildman–Crippen MR) is 109 cm³/mol. The van der Waals surface area contributed by atoms with Crippen molar-refractivity contribution in [3.63, 3.8) is 0 Å². The molecular weight excluding hydrogens is 397 g/mol. The second kappa shape index (κ2) is 9.38. The minimum Gasteiger partial charge on any atom is -0.491 e. The van der Waals surface area contributed by atoms with Gasteiger partial charge in [-0.2, -0.15) is 13.2 Å². The molecule has 2 aromatic rings. The number of carbonyl (C=O) groups is 1. The zero-order chi connectivity index (χ0) is 21.7. The third-order valence-corrected chi connectivity index (χ3v) is 4.93. The van der Waals surface area contributed by atoms with Crippen LogP contribution in [0.3, 0.4) is 0 Å². The number of nitrogens with one attached hydrogen (secondary N) is 1. The number of hydrogen-bond acceptors (Lipinski definition) is 4. The van der Waals surface area contributed by atoms with Gasteiger partial charge in [0.15, 0.2) is 0 Å². The van der Waals surface area contributed by atoms with Gasteiger partial charge in [0.25, 0.3) is 5.91 Å². The SMILES string of the molecule is CCC(C)Oc1cccc(C(=O)Nc2cc(C(F)(F)F)ccc2N2CCOCC2)c1. The average Bonchev–Trinajstić information content (AvgIpc) is 2.73. The van der Waals surface area contributed by atoms with E-state index < -0.39 is 17.6 Å². The maximum absolute atomic E-state index is 13.2. The molecular formula is C22H25F3N2O3. The molecule has 2 aromatic carbocycles. The van der Waals surface area contributed by atoms with Gasteiger partial charge >= 0.3 is 6.18 Å². The fourth-order valence-corrected chi connectivity index (χ4v) is 3.11. The summed E-state index contributed by atoms with van der Waals surface area (Å²) in [4.78, 5) is 14.7. The van der Waals surface area contributed by atoms with Gasteiger partial charge in [0.05, 0.1) is 36.3 Å². The first-order valence-electron chi connectivity index (χ1n) is 9.90. The zero-order valence-corrected chi connectivity index (χ0v) is 17.0. The third kappa shape index (κ3) is 5.44. The molecule has 0 bridgehead atoms. The van der Waals surface area contributed by atoms with E-state index in [0.717, 1.165) is 18.6 Å². The highest BCUT2D eigenvalue weighted by molar-refractivity contribution is 6.06. The number of hydrogen-bond donors (Lipinski definition) is 1. The minimum atomic E-state index is -4.51. The molecule has 1 aliphatic heterocycles. The quantitative estimate of drug-likeness (QED) is 0.714. The molecule has 0 aromatic heterocycles. The Morgan fingerprint density at radius 1 is 1.20 bits per heavy atom. The van der Waals surface area contributed by atoms with E-state index in [1.807, 2.05) is 18.7 Å². The normalized spacial score (nSPS) is 15.6. The van der Waals surface area contributed by atoms with E-state index in [2.05, 4.69) is 5.32 Å². The van der Waals surface area contributed by atoms with E-state index >= 15 is 0 Å². The largest absolute Gasteiger partial charge is 0.491 e. The van der Waals surface area contributed by atoms with Crippen LogP contribution in [0.5, 0.6) is 5.75 Å². The summed E-state index contributed by atoms with van der Waals surface area (Å²) in [6.45, 7) is 5.93. The van der Waals surface area contributed by atoms with Gasteiger partial charge in [0, 0.05) is 18.7 Å². The lowest BCUT2D eigenvalue weighted by molar-refractivity contribution is -0.137. The minimum absolute atomic E-state index is 0.0142. The van der Waals surface area contributed by atoms with Crippen LogP contribution in [0.2, 0.25) is 0 Å². The van der Waals surface area contributed by atoms with Crippen molar-refractivity contribution in [2.45, 2.75) is 32.5 Å². The monoisotopic (exact) mass is 422 g/mol. The van der Waals surface area contributed by atoms with E-state index in [1.165, 1.54) is 6.07 Å². The standard InChI is InChI=1S/C22H25F3N2O3/c1-3-15(2)30-18-6-4-5-16(13-18)21(28)26-19-14-17(22(23,24)25)7-8-20(19)27-9-11-29-12-10-27/h4-8,13-15H,3,9-12H2,1-2H3,(H,26,28). The smallest absolute Gasteiger partial charge is 0.416 e. The summed E-state index contributed by atoms with van der Waals surface area (Å²) < 4.78 is 50.8. The Hall–Kier alpha value is -2.74. The summed E-state index contributed by atoms with van der Waals surface area (Å²) in [5.41, 5.74) is 0.140. The Morgan fingerprint density at radius 3 is 2.60 bits per heavy atom. The number of benzene rings is 2. The second-order valence-corrected chi connectivity index (χ2v) is 7.15. The molecule has 1 N–H and O–H groups in total. The van der Waals surface area contributed by atoms with Crippen LogP contribution >= 0.6 is 0 Å². The Labute approximate surface area is 173 Å². The average molecular weight is 422 g/mol. The molecule has 30 heavy (non-hydrogen) atoms. The molecule has 3 rings (SSSR count). The van der Waals surface area contributed by atoms with Gasteiger partial charge in [-0.25, -0.2) is 0 Å². The van der Waals surface area contributed by atoms with Crippen molar-refractivity contribution in [2.75, 3.05) is 36.5 Å². The van der Waals surface area contributed by atoms with E-state index in [-0.39, 0.29) is 11.8 Å². The molecule has 0 aliphatic carbocycles. The molecule has 8 heteroatoms. The summed E-state index contributed by atoms with van der Waals surface area (Å²) in [7, 11) is 0. The summed E-state index contributed by atoms with van der Waals surface area (Å²) in [5.74, 6) is 0.0351. The first kappa shape index (κ1) is 22.0. The van der Waals surface area contributed by atoms with Crippen molar-refractivity contribution in [2.24, 2.45) is 0 Å². The van der Waals surface area contributed by atoms with Crippen LogP contribution in [0.25, 0.3) is 0 Å². The number of nitrogens with zero attached hydrogens (tertiary/aromatic N) is 1. The third-order valence-electron chi connectivity index (χ3n) is 4.93. The number of amides is 1. The molecule has 5 nitrogen and oxygen atoms in total. The molecule has 1 atom stereocenters. The molecule has 1 saturated heterocycles. The van der Waals surface area contributed by atoms with Gasteiger partial charge < -0.3 is 19.7 Å². The summed E-state index contributed by atoms with van der Waals surface area (Å²) in [5, 5.41) is 2.65. The van der Waals surface area contributed by atoms with Crippen molar-refractivity contribution in [3.8, 4) is 5.75 Å². The van der Waals surface area contributed by atoms with Gasteiger partial charge in [0.2, 0.25) is 0 Å². The van der Waals surface area contributed by atoms with Crippen molar-refractivity contribution >= 4 is 17.3 Å².